The van der Waals surface area contributed by atoms with Gasteiger partial charge in [0.25, 0.3) is 5.56 Å². The van der Waals surface area contributed by atoms with Gasteiger partial charge in [0.15, 0.2) is 0 Å². The van der Waals surface area contributed by atoms with Crippen molar-refractivity contribution in [3.8, 4) is 5.69 Å². The number of nitrogens with zero attached hydrogens (tertiary/aromatic N) is 3. The quantitative estimate of drug-likeness (QED) is 0.756. The lowest BCUT2D eigenvalue weighted by molar-refractivity contribution is 0.643. The lowest BCUT2D eigenvalue weighted by atomic mass is 10.2. The Bertz CT molecular complexity index is 1000. The zero-order valence-electron chi connectivity index (χ0n) is 14.6. The van der Waals surface area contributed by atoms with E-state index in [1.54, 1.807) is 24.3 Å². The van der Waals surface area contributed by atoms with Crippen molar-refractivity contribution >= 4 is 23.1 Å². The summed E-state index contributed by atoms with van der Waals surface area (Å²) in [6.45, 7) is 3.11. The van der Waals surface area contributed by atoms with Gasteiger partial charge in [0, 0.05) is 43.0 Å². The highest BCUT2D eigenvalue weighted by Gasteiger charge is 2.19. The summed E-state index contributed by atoms with van der Waals surface area (Å²) < 4.78 is 1.11. The summed E-state index contributed by atoms with van der Waals surface area (Å²) in [5.74, 6) is 0.558. The Morgan fingerprint density at radius 1 is 0.778 bits per heavy atom. The van der Waals surface area contributed by atoms with Crippen molar-refractivity contribution in [3.05, 3.63) is 86.5 Å². The molecule has 1 aliphatic heterocycles. The standard InChI is InChI=1S/C20H19ClN4O2/c21-15-6-8-17(9-7-15)25-19(26)14-18(22-20(25)27)24-12-10-23(11-13-24)16-4-2-1-3-5-16/h1-9,14H,10-13H2,(H,22,27). The summed E-state index contributed by atoms with van der Waals surface area (Å²) in [4.78, 5) is 32.2. The maximum Gasteiger partial charge on any atom is 0.334 e. The summed E-state index contributed by atoms with van der Waals surface area (Å²) >= 11 is 5.88. The molecule has 0 amide bonds. The summed E-state index contributed by atoms with van der Waals surface area (Å²) in [5.41, 5.74) is 0.863. The largest absolute Gasteiger partial charge is 0.368 e. The predicted molar refractivity (Wildman–Crippen MR) is 109 cm³/mol. The molecule has 27 heavy (non-hydrogen) atoms. The molecule has 3 aromatic rings. The van der Waals surface area contributed by atoms with Crippen LogP contribution in [0.25, 0.3) is 5.69 Å². The molecular formula is C20H19ClN4O2. The van der Waals surface area contributed by atoms with Gasteiger partial charge in [-0.25, -0.2) is 9.36 Å². The van der Waals surface area contributed by atoms with Crippen molar-refractivity contribution in [1.29, 1.82) is 0 Å². The molecule has 1 fully saturated rings. The molecule has 7 heteroatoms. The first kappa shape index (κ1) is 17.4. The zero-order chi connectivity index (χ0) is 18.8. The third-order valence-corrected chi connectivity index (χ3v) is 5.00. The number of aromatic amines is 1. The van der Waals surface area contributed by atoms with Crippen LogP contribution in [0, 0.1) is 0 Å². The van der Waals surface area contributed by atoms with E-state index in [9.17, 15) is 9.59 Å². The molecule has 1 N–H and O–H groups in total. The Morgan fingerprint density at radius 3 is 2.04 bits per heavy atom. The van der Waals surface area contributed by atoms with Crippen LogP contribution in [0.4, 0.5) is 11.5 Å². The van der Waals surface area contributed by atoms with Gasteiger partial charge in [0.1, 0.15) is 5.82 Å². The van der Waals surface area contributed by atoms with Gasteiger partial charge in [0.2, 0.25) is 0 Å². The maximum atomic E-state index is 12.5. The molecule has 6 nitrogen and oxygen atoms in total. The molecular weight excluding hydrogens is 364 g/mol. The smallest absolute Gasteiger partial charge is 0.334 e. The van der Waals surface area contributed by atoms with Crippen LogP contribution in [0.2, 0.25) is 5.02 Å². The Kier molecular flexibility index (Phi) is 4.73. The van der Waals surface area contributed by atoms with E-state index in [0.29, 0.717) is 16.5 Å². The van der Waals surface area contributed by atoms with Crippen molar-refractivity contribution in [2.45, 2.75) is 0 Å². The molecule has 0 saturated carbocycles. The number of rotatable bonds is 3. The number of anilines is 2. The number of piperazine rings is 1. The minimum absolute atomic E-state index is 0.360. The number of hydrogen-bond acceptors (Lipinski definition) is 4. The normalized spacial score (nSPS) is 14.4. The van der Waals surface area contributed by atoms with Crippen LogP contribution in [0.5, 0.6) is 0 Å². The molecule has 4 rings (SSSR count). The van der Waals surface area contributed by atoms with Gasteiger partial charge >= 0.3 is 5.69 Å². The predicted octanol–water partition coefficient (Wildman–Crippen LogP) is 2.51. The van der Waals surface area contributed by atoms with Crippen molar-refractivity contribution < 1.29 is 0 Å². The summed E-state index contributed by atoms with van der Waals surface area (Å²) in [7, 11) is 0. The molecule has 2 aromatic carbocycles. The number of para-hydroxylation sites is 1. The van der Waals surface area contributed by atoms with Crippen molar-refractivity contribution in [2.24, 2.45) is 0 Å². The highest BCUT2D eigenvalue weighted by Crippen LogP contribution is 2.18. The van der Waals surface area contributed by atoms with Crippen LogP contribution in [0.3, 0.4) is 0 Å². The first-order valence-corrected chi connectivity index (χ1v) is 9.17. The van der Waals surface area contributed by atoms with Crippen LogP contribution < -0.4 is 21.0 Å². The van der Waals surface area contributed by atoms with Gasteiger partial charge in [-0.15, -0.1) is 0 Å². The fourth-order valence-corrected chi connectivity index (χ4v) is 3.46. The van der Waals surface area contributed by atoms with Crippen molar-refractivity contribution in [1.82, 2.24) is 9.55 Å². The van der Waals surface area contributed by atoms with Gasteiger partial charge in [-0.2, -0.15) is 0 Å². The van der Waals surface area contributed by atoms with Crippen molar-refractivity contribution in [2.75, 3.05) is 36.0 Å². The molecule has 1 saturated heterocycles. The minimum Gasteiger partial charge on any atom is -0.368 e. The average Bonchev–Trinajstić information content (AvgIpc) is 2.70. The van der Waals surface area contributed by atoms with Gasteiger partial charge in [-0.3, -0.25) is 9.78 Å². The first-order chi connectivity index (χ1) is 13.1. The Morgan fingerprint density at radius 2 is 1.41 bits per heavy atom. The van der Waals surface area contributed by atoms with Crippen LogP contribution in [0.1, 0.15) is 0 Å². The first-order valence-electron chi connectivity index (χ1n) is 8.79. The zero-order valence-corrected chi connectivity index (χ0v) is 15.4. The van der Waals surface area contributed by atoms with Gasteiger partial charge in [-0.05, 0) is 36.4 Å². The second kappa shape index (κ2) is 7.32. The monoisotopic (exact) mass is 382 g/mol. The number of halogens is 1. The highest BCUT2D eigenvalue weighted by molar-refractivity contribution is 6.30. The molecule has 1 aromatic heterocycles. The van der Waals surface area contributed by atoms with Gasteiger partial charge in [0.05, 0.1) is 5.69 Å². The van der Waals surface area contributed by atoms with Crippen LogP contribution in [-0.2, 0) is 0 Å². The highest BCUT2D eigenvalue weighted by atomic mass is 35.5. The number of aromatic nitrogens is 2. The molecule has 0 unspecified atom stereocenters. The molecule has 0 radical (unpaired) electrons. The minimum atomic E-state index is -0.453. The van der Waals surface area contributed by atoms with E-state index in [0.717, 1.165) is 30.7 Å². The SMILES string of the molecule is O=c1cc(N2CCN(c3ccccc3)CC2)[nH]c(=O)n1-c1ccc(Cl)cc1. The number of hydrogen-bond donors (Lipinski definition) is 1. The van der Waals surface area contributed by atoms with Crippen LogP contribution in [-0.4, -0.2) is 35.7 Å². The van der Waals surface area contributed by atoms with Crippen LogP contribution in [0.15, 0.2) is 70.3 Å². The summed E-state index contributed by atoms with van der Waals surface area (Å²) in [6, 6.07) is 18.3. The molecule has 0 bridgehead atoms. The van der Waals surface area contributed by atoms with E-state index < -0.39 is 5.69 Å². The topological polar surface area (TPSA) is 61.3 Å². The molecule has 0 spiro atoms. The second-order valence-electron chi connectivity index (χ2n) is 6.42. The third kappa shape index (κ3) is 3.61. The van der Waals surface area contributed by atoms with Crippen molar-refractivity contribution in [3.63, 3.8) is 0 Å². The average molecular weight is 383 g/mol. The Labute approximate surface area is 161 Å². The third-order valence-electron chi connectivity index (χ3n) is 4.75. The molecule has 2 heterocycles. The van der Waals surface area contributed by atoms with E-state index >= 15 is 0 Å². The Balaban J connectivity index is 1.55. The fourth-order valence-electron chi connectivity index (χ4n) is 3.33. The molecule has 138 valence electrons. The molecule has 0 atom stereocenters. The number of H-pyrrole nitrogens is 1. The fraction of sp³-hybridized carbons (Fsp3) is 0.200. The van der Waals surface area contributed by atoms with Gasteiger partial charge in [-0.1, -0.05) is 29.8 Å². The maximum absolute atomic E-state index is 12.5. The van der Waals surface area contributed by atoms with Gasteiger partial charge < -0.3 is 9.80 Å². The van der Waals surface area contributed by atoms with E-state index in [2.05, 4.69) is 22.0 Å². The van der Waals surface area contributed by atoms with E-state index in [4.69, 9.17) is 11.6 Å². The van der Waals surface area contributed by atoms with E-state index in [-0.39, 0.29) is 5.56 Å². The van der Waals surface area contributed by atoms with Crippen LogP contribution >= 0.6 is 11.6 Å². The molecule has 1 aliphatic rings. The molecule has 0 aliphatic carbocycles. The summed E-state index contributed by atoms with van der Waals surface area (Å²) in [5, 5.41) is 0.552. The Hall–Kier alpha value is -2.99. The lowest BCUT2D eigenvalue weighted by Crippen LogP contribution is -2.48. The number of benzene rings is 2. The lowest BCUT2D eigenvalue weighted by Gasteiger charge is -2.36. The second-order valence-corrected chi connectivity index (χ2v) is 6.86. The van der Waals surface area contributed by atoms with E-state index in [1.807, 2.05) is 23.1 Å². The number of nitrogens with one attached hydrogen (secondary N) is 1. The van der Waals surface area contributed by atoms with E-state index in [1.165, 1.54) is 11.8 Å². The summed E-state index contributed by atoms with van der Waals surface area (Å²) in [6.07, 6.45) is 0.